The summed E-state index contributed by atoms with van der Waals surface area (Å²) < 4.78 is 5.49. The number of ether oxygens (including phenoxy) is 1. The van der Waals surface area contributed by atoms with Gasteiger partial charge in [-0.25, -0.2) is 0 Å². The summed E-state index contributed by atoms with van der Waals surface area (Å²) in [5.74, 6) is -0.886. The molecule has 1 unspecified atom stereocenters. The fourth-order valence-corrected chi connectivity index (χ4v) is 1.41. The standard InChI is InChI=1S/C11H24O2/c1-5-7-8-9-11(12,6-2)13-10(3)4/h10,12H,5-9H2,1-4H3. The molecule has 13 heavy (non-hydrogen) atoms. The van der Waals surface area contributed by atoms with E-state index in [0.29, 0.717) is 6.42 Å². The molecule has 0 fully saturated rings. The van der Waals surface area contributed by atoms with Crippen LogP contribution >= 0.6 is 0 Å². The average molecular weight is 188 g/mol. The Bertz CT molecular complexity index is 123. The Morgan fingerprint density at radius 1 is 1.23 bits per heavy atom. The molecule has 0 radical (unpaired) electrons. The number of hydrogen-bond donors (Lipinski definition) is 1. The second kappa shape index (κ2) is 6.39. The summed E-state index contributed by atoms with van der Waals surface area (Å²) in [6, 6.07) is 0. The van der Waals surface area contributed by atoms with E-state index in [1.807, 2.05) is 20.8 Å². The fourth-order valence-electron chi connectivity index (χ4n) is 1.41. The van der Waals surface area contributed by atoms with Crippen molar-refractivity contribution in [2.45, 2.75) is 71.7 Å². The highest BCUT2D eigenvalue weighted by molar-refractivity contribution is 4.66. The largest absolute Gasteiger partial charge is 0.365 e. The molecule has 0 aromatic heterocycles. The summed E-state index contributed by atoms with van der Waals surface area (Å²) in [4.78, 5) is 0. The molecule has 0 rings (SSSR count). The predicted molar refractivity (Wildman–Crippen MR) is 55.6 cm³/mol. The van der Waals surface area contributed by atoms with Crippen LogP contribution in [0.5, 0.6) is 0 Å². The first kappa shape index (κ1) is 12.9. The molecule has 2 nitrogen and oxygen atoms in total. The molecule has 2 heteroatoms. The second-order valence-electron chi connectivity index (χ2n) is 3.92. The molecule has 0 aliphatic rings. The van der Waals surface area contributed by atoms with Gasteiger partial charge in [0, 0.05) is 6.42 Å². The maximum atomic E-state index is 9.99. The number of hydrogen-bond acceptors (Lipinski definition) is 2. The highest BCUT2D eigenvalue weighted by Crippen LogP contribution is 2.22. The van der Waals surface area contributed by atoms with E-state index in [1.165, 1.54) is 12.8 Å². The minimum absolute atomic E-state index is 0.103. The molecule has 0 aliphatic heterocycles. The Morgan fingerprint density at radius 3 is 2.23 bits per heavy atom. The van der Waals surface area contributed by atoms with E-state index in [9.17, 15) is 5.11 Å². The summed E-state index contributed by atoms with van der Waals surface area (Å²) in [7, 11) is 0. The summed E-state index contributed by atoms with van der Waals surface area (Å²) in [5, 5.41) is 9.99. The van der Waals surface area contributed by atoms with Gasteiger partial charge >= 0.3 is 0 Å². The third kappa shape index (κ3) is 6.05. The summed E-state index contributed by atoms with van der Waals surface area (Å²) >= 11 is 0. The van der Waals surface area contributed by atoms with Crippen LogP contribution in [-0.4, -0.2) is 17.0 Å². The van der Waals surface area contributed by atoms with Gasteiger partial charge in [-0.05, 0) is 26.7 Å². The Balaban J connectivity index is 3.81. The SMILES string of the molecule is CCCCCC(O)(CC)OC(C)C. The fraction of sp³-hybridized carbons (Fsp3) is 1.00. The third-order valence-electron chi connectivity index (χ3n) is 2.18. The monoisotopic (exact) mass is 188 g/mol. The van der Waals surface area contributed by atoms with Crippen molar-refractivity contribution in [2.24, 2.45) is 0 Å². The van der Waals surface area contributed by atoms with E-state index >= 15 is 0 Å². The molecule has 0 spiro atoms. The molecule has 0 aromatic rings. The average Bonchev–Trinajstić information content (AvgIpc) is 2.04. The van der Waals surface area contributed by atoms with Gasteiger partial charge in [0.05, 0.1) is 6.10 Å². The first-order valence-electron chi connectivity index (χ1n) is 5.44. The van der Waals surface area contributed by atoms with E-state index in [0.717, 1.165) is 12.8 Å². The Hall–Kier alpha value is -0.0800. The number of unbranched alkanes of at least 4 members (excludes halogenated alkanes) is 2. The van der Waals surface area contributed by atoms with E-state index in [2.05, 4.69) is 6.92 Å². The van der Waals surface area contributed by atoms with Crippen molar-refractivity contribution in [3.8, 4) is 0 Å². The Labute approximate surface area is 82.3 Å². The van der Waals surface area contributed by atoms with Crippen LogP contribution in [0.2, 0.25) is 0 Å². The smallest absolute Gasteiger partial charge is 0.165 e. The molecule has 80 valence electrons. The first-order valence-corrected chi connectivity index (χ1v) is 5.44. The molecule has 0 aliphatic carbocycles. The van der Waals surface area contributed by atoms with Crippen molar-refractivity contribution in [3.05, 3.63) is 0 Å². The van der Waals surface area contributed by atoms with Crippen molar-refractivity contribution in [3.63, 3.8) is 0 Å². The quantitative estimate of drug-likeness (QED) is 0.491. The van der Waals surface area contributed by atoms with E-state index in [4.69, 9.17) is 4.74 Å². The van der Waals surface area contributed by atoms with Gasteiger partial charge in [-0.2, -0.15) is 0 Å². The number of rotatable bonds is 7. The lowest BCUT2D eigenvalue weighted by Crippen LogP contribution is -2.34. The van der Waals surface area contributed by atoms with Gasteiger partial charge in [0.1, 0.15) is 0 Å². The molecule has 1 N–H and O–H groups in total. The van der Waals surface area contributed by atoms with Crippen LogP contribution in [0.25, 0.3) is 0 Å². The first-order chi connectivity index (χ1) is 6.04. The minimum Gasteiger partial charge on any atom is -0.365 e. The third-order valence-corrected chi connectivity index (χ3v) is 2.18. The zero-order chi connectivity index (χ0) is 10.3. The van der Waals surface area contributed by atoms with Gasteiger partial charge in [0.25, 0.3) is 0 Å². The lowest BCUT2D eigenvalue weighted by Gasteiger charge is -2.29. The topological polar surface area (TPSA) is 29.5 Å². The molecule has 0 amide bonds. The van der Waals surface area contributed by atoms with Gasteiger partial charge in [-0.3, -0.25) is 0 Å². The Kier molecular flexibility index (Phi) is 6.35. The predicted octanol–water partition coefficient (Wildman–Crippen LogP) is 3.09. The van der Waals surface area contributed by atoms with Gasteiger partial charge in [0.2, 0.25) is 0 Å². The highest BCUT2D eigenvalue weighted by atomic mass is 16.6. The second-order valence-corrected chi connectivity index (χ2v) is 3.92. The maximum absolute atomic E-state index is 9.99. The summed E-state index contributed by atoms with van der Waals surface area (Å²) in [6.07, 6.45) is 4.94. The van der Waals surface area contributed by atoms with Crippen LogP contribution < -0.4 is 0 Å². The molecule has 0 heterocycles. The summed E-state index contributed by atoms with van der Waals surface area (Å²) in [6.45, 7) is 8.05. The van der Waals surface area contributed by atoms with E-state index in [1.54, 1.807) is 0 Å². The highest BCUT2D eigenvalue weighted by Gasteiger charge is 2.25. The van der Waals surface area contributed by atoms with Crippen molar-refractivity contribution in [2.75, 3.05) is 0 Å². The molecule has 0 bridgehead atoms. The molecule has 0 aromatic carbocycles. The number of aliphatic hydroxyl groups is 1. The van der Waals surface area contributed by atoms with Gasteiger partial charge in [-0.1, -0.05) is 26.7 Å². The van der Waals surface area contributed by atoms with Crippen molar-refractivity contribution in [1.29, 1.82) is 0 Å². The zero-order valence-electron chi connectivity index (χ0n) is 9.47. The molecule has 1 atom stereocenters. The van der Waals surface area contributed by atoms with Crippen molar-refractivity contribution in [1.82, 2.24) is 0 Å². The summed E-state index contributed by atoms with van der Waals surface area (Å²) in [5.41, 5.74) is 0. The molecule has 0 saturated heterocycles. The minimum atomic E-state index is -0.886. The van der Waals surface area contributed by atoms with Crippen molar-refractivity contribution >= 4 is 0 Å². The van der Waals surface area contributed by atoms with Gasteiger partial charge < -0.3 is 9.84 Å². The van der Waals surface area contributed by atoms with E-state index in [-0.39, 0.29) is 6.10 Å². The van der Waals surface area contributed by atoms with Crippen LogP contribution in [0, 0.1) is 0 Å². The van der Waals surface area contributed by atoms with Crippen LogP contribution in [-0.2, 0) is 4.74 Å². The van der Waals surface area contributed by atoms with Gasteiger partial charge in [0.15, 0.2) is 5.79 Å². The van der Waals surface area contributed by atoms with Gasteiger partial charge in [-0.15, -0.1) is 0 Å². The molecular formula is C11H24O2. The Morgan fingerprint density at radius 2 is 1.85 bits per heavy atom. The molecule has 0 saturated carbocycles. The zero-order valence-corrected chi connectivity index (χ0v) is 9.47. The maximum Gasteiger partial charge on any atom is 0.165 e. The van der Waals surface area contributed by atoms with Crippen LogP contribution in [0.15, 0.2) is 0 Å². The lowest BCUT2D eigenvalue weighted by atomic mass is 10.1. The van der Waals surface area contributed by atoms with Crippen LogP contribution in [0.1, 0.15) is 59.8 Å². The van der Waals surface area contributed by atoms with Crippen molar-refractivity contribution < 1.29 is 9.84 Å². The molecular weight excluding hydrogens is 164 g/mol. The van der Waals surface area contributed by atoms with Crippen LogP contribution in [0.3, 0.4) is 0 Å². The normalized spacial score (nSPS) is 16.2. The van der Waals surface area contributed by atoms with E-state index < -0.39 is 5.79 Å². The van der Waals surface area contributed by atoms with Crippen LogP contribution in [0.4, 0.5) is 0 Å². The lowest BCUT2D eigenvalue weighted by molar-refractivity contribution is -0.228.